The van der Waals surface area contributed by atoms with Crippen LogP contribution in [0.4, 0.5) is 13.2 Å². The highest BCUT2D eigenvalue weighted by molar-refractivity contribution is 6.26. The molecule has 0 amide bonds. The maximum Gasteiger partial charge on any atom is 0.343 e. The Hall–Kier alpha value is -1.99. The van der Waals surface area contributed by atoms with E-state index in [9.17, 15) is 32.3 Å². The third kappa shape index (κ3) is 2.51. The minimum absolute atomic E-state index is 2.16. The van der Waals surface area contributed by atoms with Crippen LogP contribution >= 0.6 is 0 Å². The van der Waals surface area contributed by atoms with Gasteiger partial charge in [-0.3, -0.25) is 14.4 Å². The molecule has 0 atom stereocenters. The van der Waals surface area contributed by atoms with Gasteiger partial charge in [-0.1, -0.05) is 0 Å². The Kier molecular flexibility index (Phi) is 3.69. The van der Waals surface area contributed by atoms with Crippen molar-refractivity contribution in [1.29, 1.82) is 0 Å². The third-order valence-corrected chi connectivity index (χ3v) is 1.05. The number of allylic oxidation sites excluding steroid dienone is 1. The van der Waals surface area contributed by atoms with E-state index in [-0.39, 0.29) is 0 Å². The maximum absolute atomic E-state index is 11.9. The molecule has 0 fully saturated rings. The molecule has 0 unspecified atom stereocenters. The van der Waals surface area contributed by atoms with Gasteiger partial charge in [-0.05, 0) is 0 Å². The van der Waals surface area contributed by atoms with Crippen LogP contribution in [0.5, 0.6) is 0 Å². The van der Waals surface area contributed by atoms with E-state index in [4.69, 9.17) is 5.11 Å². The zero-order valence-corrected chi connectivity index (χ0v) is 6.21. The van der Waals surface area contributed by atoms with E-state index in [1.165, 1.54) is 0 Å². The fourth-order valence-electron chi connectivity index (χ4n) is 0.563. The van der Waals surface area contributed by atoms with Crippen molar-refractivity contribution in [3.05, 3.63) is 11.1 Å². The normalized spacial score (nSPS) is 9.07. The highest BCUT2D eigenvalue weighted by Gasteiger charge is 2.32. The quantitative estimate of drug-likeness (QED) is 0.302. The molecule has 0 bridgehead atoms. The van der Waals surface area contributed by atoms with E-state index < -0.39 is 35.2 Å². The predicted octanol–water partition coefficient (Wildman–Crippen LogP) is -0.144. The lowest BCUT2D eigenvalue weighted by atomic mass is 10.1. The topological polar surface area (TPSA) is 88.5 Å². The summed E-state index contributed by atoms with van der Waals surface area (Å²) in [4.78, 5) is 39.7. The number of hydrogen-bond acceptors (Lipinski definition) is 4. The van der Waals surface area contributed by atoms with Crippen LogP contribution in [0.3, 0.4) is 0 Å². The Labute approximate surface area is 73.8 Å². The van der Waals surface area contributed by atoms with E-state index in [0.717, 1.165) is 0 Å². The second kappa shape index (κ2) is 4.30. The molecular formula is C6HF3O5. The van der Waals surface area contributed by atoms with Crippen LogP contribution in [0.2, 0.25) is 0 Å². The van der Waals surface area contributed by atoms with E-state index in [1.54, 1.807) is 0 Å². The fourth-order valence-corrected chi connectivity index (χ4v) is 0.563. The average Bonchev–Trinajstić information content (AvgIpc) is 1.96. The van der Waals surface area contributed by atoms with Crippen LogP contribution in [0, 0.1) is 0 Å². The van der Waals surface area contributed by atoms with E-state index in [2.05, 4.69) is 0 Å². The molecule has 8 heteroatoms. The summed E-state index contributed by atoms with van der Waals surface area (Å²) in [6, 6.07) is -8.45. The monoisotopic (exact) mass is 210 g/mol. The number of carbonyl (C=O) groups is 4. The summed E-state index contributed by atoms with van der Waals surface area (Å²) in [5.74, 6) is -2.41. The lowest BCUT2D eigenvalue weighted by Crippen LogP contribution is -2.18. The smallest absolute Gasteiger partial charge is 0.343 e. The van der Waals surface area contributed by atoms with Crippen LogP contribution < -0.4 is 0 Å². The van der Waals surface area contributed by atoms with Gasteiger partial charge in [0.2, 0.25) is 0 Å². The fraction of sp³-hybridized carbons (Fsp3) is 0. The third-order valence-electron chi connectivity index (χ3n) is 1.05. The molecule has 5 nitrogen and oxygen atoms in total. The Balaban J connectivity index is 5.76. The molecule has 0 rings (SSSR count). The van der Waals surface area contributed by atoms with Gasteiger partial charge in [0.05, 0.1) is 0 Å². The molecular weight excluding hydrogens is 209 g/mol. The van der Waals surface area contributed by atoms with Crippen LogP contribution in [0.1, 0.15) is 0 Å². The highest BCUT2D eigenvalue weighted by Crippen LogP contribution is 2.11. The summed E-state index contributed by atoms with van der Waals surface area (Å²) in [7, 11) is 0. The molecule has 0 aliphatic carbocycles. The standard InChI is InChI=1S/C6HF3O5/c7-3(10)1(4(8)11)2(5(9)12)6(13)14/h(H,13,14). The van der Waals surface area contributed by atoms with Crippen molar-refractivity contribution in [2.75, 3.05) is 0 Å². The van der Waals surface area contributed by atoms with Crippen LogP contribution in [0.15, 0.2) is 11.1 Å². The lowest BCUT2D eigenvalue weighted by molar-refractivity contribution is -0.140. The number of carbonyl (C=O) groups excluding carboxylic acids is 3. The second-order valence-electron chi connectivity index (χ2n) is 1.88. The summed E-state index contributed by atoms with van der Waals surface area (Å²) >= 11 is 0. The Morgan fingerprint density at radius 3 is 1.07 bits per heavy atom. The first-order valence-electron chi connectivity index (χ1n) is 2.86. The van der Waals surface area contributed by atoms with Gasteiger partial charge < -0.3 is 5.11 Å². The number of aliphatic carboxylic acids is 1. The van der Waals surface area contributed by atoms with Crippen molar-refractivity contribution in [3.63, 3.8) is 0 Å². The number of hydrogen-bond donors (Lipinski definition) is 1. The number of carboxylic acids is 1. The molecule has 1 N–H and O–H groups in total. The van der Waals surface area contributed by atoms with Crippen molar-refractivity contribution in [1.82, 2.24) is 0 Å². The van der Waals surface area contributed by atoms with Gasteiger partial charge in [0.25, 0.3) is 0 Å². The second-order valence-corrected chi connectivity index (χ2v) is 1.88. The summed E-state index contributed by atoms with van der Waals surface area (Å²) in [5, 5.41) is 8.06. The number of halogens is 3. The molecule has 0 aromatic carbocycles. The summed E-state index contributed by atoms with van der Waals surface area (Å²) in [6.45, 7) is 0. The van der Waals surface area contributed by atoms with Crippen LogP contribution in [-0.2, 0) is 19.2 Å². The van der Waals surface area contributed by atoms with Crippen molar-refractivity contribution >= 4 is 24.1 Å². The Morgan fingerprint density at radius 2 is 1.00 bits per heavy atom. The molecule has 0 aliphatic heterocycles. The predicted molar refractivity (Wildman–Crippen MR) is 33.0 cm³/mol. The molecule has 0 saturated heterocycles. The van der Waals surface area contributed by atoms with Gasteiger partial charge >= 0.3 is 24.1 Å². The molecule has 76 valence electrons. The summed E-state index contributed by atoms with van der Waals surface area (Å²) in [5.41, 5.74) is -4.42. The first kappa shape index (κ1) is 12.0. The minimum atomic E-state index is -2.83. The SMILES string of the molecule is O=C(O)C(C(=O)F)=C(C(=O)F)C(=O)F. The van der Waals surface area contributed by atoms with Gasteiger partial charge in [-0.2, -0.15) is 13.2 Å². The van der Waals surface area contributed by atoms with Gasteiger partial charge in [-0.15, -0.1) is 0 Å². The molecule has 0 aromatic rings. The van der Waals surface area contributed by atoms with Crippen molar-refractivity contribution in [2.45, 2.75) is 0 Å². The van der Waals surface area contributed by atoms with Gasteiger partial charge in [-0.25, -0.2) is 4.79 Å². The molecule has 0 saturated carbocycles. The maximum atomic E-state index is 11.9. The van der Waals surface area contributed by atoms with Crippen LogP contribution in [-0.4, -0.2) is 29.2 Å². The Morgan fingerprint density at radius 1 is 0.714 bits per heavy atom. The average molecular weight is 210 g/mol. The van der Waals surface area contributed by atoms with E-state index in [0.29, 0.717) is 0 Å². The van der Waals surface area contributed by atoms with Crippen molar-refractivity contribution < 1.29 is 37.5 Å². The van der Waals surface area contributed by atoms with E-state index >= 15 is 0 Å². The highest BCUT2D eigenvalue weighted by atomic mass is 19.2. The number of rotatable bonds is 4. The minimum Gasteiger partial charge on any atom is -0.477 e. The first-order chi connectivity index (χ1) is 6.29. The summed E-state index contributed by atoms with van der Waals surface area (Å²) in [6.07, 6.45) is 0. The van der Waals surface area contributed by atoms with E-state index in [1.807, 2.05) is 0 Å². The Bertz CT molecular complexity index is 290. The molecule has 14 heavy (non-hydrogen) atoms. The number of carboxylic acid groups (broad SMARTS) is 1. The first-order valence-corrected chi connectivity index (χ1v) is 2.86. The molecule has 0 aromatic heterocycles. The molecule has 0 spiro atoms. The van der Waals surface area contributed by atoms with Crippen LogP contribution in [0.25, 0.3) is 0 Å². The lowest BCUT2D eigenvalue weighted by Gasteiger charge is -1.96. The molecule has 0 aliphatic rings. The molecule has 0 radical (unpaired) electrons. The largest absolute Gasteiger partial charge is 0.477 e. The van der Waals surface area contributed by atoms with Crippen molar-refractivity contribution in [3.8, 4) is 0 Å². The molecule has 0 heterocycles. The van der Waals surface area contributed by atoms with Gasteiger partial charge in [0.1, 0.15) is 0 Å². The van der Waals surface area contributed by atoms with Gasteiger partial charge in [0.15, 0.2) is 11.1 Å². The summed E-state index contributed by atoms with van der Waals surface area (Å²) < 4.78 is 35.6. The zero-order chi connectivity index (χ0) is 11.5. The van der Waals surface area contributed by atoms with Gasteiger partial charge in [0, 0.05) is 0 Å². The zero-order valence-electron chi connectivity index (χ0n) is 6.21. The van der Waals surface area contributed by atoms with Crippen molar-refractivity contribution in [2.24, 2.45) is 0 Å².